The number of ketones is 1. The van der Waals surface area contributed by atoms with Crippen LogP contribution < -0.4 is 26.6 Å². The maximum Gasteiger partial charge on any atom is 0.451 e. The molecule has 1 aromatic heterocycles. The molecule has 0 radical (unpaired) electrons. The molecule has 0 aliphatic carbocycles. The highest BCUT2D eigenvalue weighted by Crippen LogP contribution is 2.35. The average Bonchev–Trinajstić information content (AvgIpc) is 3.61. The number of benzene rings is 1. The number of nitrogens with two attached hydrogens (primary N) is 2. The Hall–Kier alpha value is -4.94. The monoisotopic (exact) mass is 727 g/mol. The number of guanidine groups is 1. The van der Waals surface area contributed by atoms with Gasteiger partial charge in [0, 0.05) is 45.1 Å². The number of carboxylic acids is 1. The number of nitriles is 1. The van der Waals surface area contributed by atoms with Crippen LogP contribution in [0.25, 0.3) is 0 Å². The van der Waals surface area contributed by atoms with Gasteiger partial charge < -0.3 is 31.7 Å². The Labute approximate surface area is 301 Å². The van der Waals surface area contributed by atoms with Crippen LogP contribution in [-0.2, 0) is 27.0 Å². The number of hydrogen-bond donors (Lipinski definition) is 4. The Kier molecular flexibility index (Phi) is 14.6. The van der Waals surface area contributed by atoms with Crippen molar-refractivity contribution in [3.8, 4) is 6.07 Å². The number of rotatable bonds is 18. The molecule has 2 atom stereocenters. The minimum absolute atomic E-state index is 0.0252. The molecule has 0 saturated carbocycles. The molecule has 4 rings (SSSR count). The lowest BCUT2D eigenvalue weighted by atomic mass is 9.91. The van der Waals surface area contributed by atoms with E-state index in [2.05, 4.69) is 26.3 Å². The zero-order valence-electron chi connectivity index (χ0n) is 29.3. The topological polar surface area (TPSA) is 204 Å². The lowest BCUT2D eigenvalue weighted by Gasteiger charge is -2.34. The number of halogens is 3. The van der Waals surface area contributed by atoms with Gasteiger partial charge >= 0.3 is 12.1 Å². The first-order valence-electron chi connectivity index (χ1n) is 17.9. The molecule has 2 aliphatic rings. The van der Waals surface area contributed by atoms with Crippen LogP contribution in [-0.4, -0.2) is 77.0 Å². The predicted octanol–water partition coefficient (Wildman–Crippen LogP) is 4.33. The molecule has 282 valence electrons. The zero-order chi connectivity index (χ0) is 37.7. The van der Waals surface area contributed by atoms with Gasteiger partial charge in [-0.2, -0.15) is 18.4 Å². The van der Waals surface area contributed by atoms with Crippen molar-refractivity contribution in [3.63, 3.8) is 0 Å². The molecule has 0 spiro atoms. The molecule has 6 N–H and O–H groups in total. The maximum absolute atomic E-state index is 14.0. The van der Waals surface area contributed by atoms with Gasteiger partial charge in [0.2, 0.25) is 11.7 Å². The molecule has 52 heavy (non-hydrogen) atoms. The number of carbonyl (C=O) groups excluding carboxylic acids is 2. The summed E-state index contributed by atoms with van der Waals surface area (Å²) in [5, 5.41) is 21.0. The van der Waals surface area contributed by atoms with Crippen molar-refractivity contribution >= 4 is 35.3 Å². The van der Waals surface area contributed by atoms with Crippen LogP contribution in [0.3, 0.4) is 0 Å². The summed E-state index contributed by atoms with van der Waals surface area (Å²) in [7, 11) is 0. The van der Waals surface area contributed by atoms with Gasteiger partial charge in [-0.15, -0.1) is 0 Å². The number of aryl methyl sites for hydroxylation is 1. The van der Waals surface area contributed by atoms with Crippen LogP contribution in [0.15, 0.2) is 35.3 Å². The number of carboxylic acid groups (broad SMARTS) is 1. The number of aromatic nitrogens is 2. The number of amides is 1. The second kappa shape index (κ2) is 19.1. The normalized spacial score (nSPS) is 17.0. The molecule has 13 nitrogen and oxygen atoms in total. The molecule has 2 fully saturated rings. The summed E-state index contributed by atoms with van der Waals surface area (Å²) in [5.41, 5.74) is 12.1. The number of anilines is 2. The van der Waals surface area contributed by atoms with E-state index < -0.39 is 30.1 Å². The quantitative estimate of drug-likeness (QED) is 0.0967. The molecule has 2 aliphatic heterocycles. The summed E-state index contributed by atoms with van der Waals surface area (Å²) in [6, 6.07) is 9.29. The first kappa shape index (κ1) is 39.8. The molecule has 0 bridgehead atoms. The Morgan fingerprint density at radius 1 is 1.00 bits per heavy atom. The predicted molar refractivity (Wildman–Crippen MR) is 189 cm³/mol. The fraction of sp³-hybridized carbons (Fsp3) is 0.583. The number of Topliss-reactive ketones (excluding diaryl/α,β-unsaturated/α-hetero) is 1. The second-order valence-corrected chi connectivity index (χ2v) is 13.5. The third kappa shape index (κ3) is 12.1. The number of carbonyl (C=O) groups is 3. The van der Waals surface area contributed by atoms with Gasteiger partial charge in [-0.3, -0.25) is 9.59 Å². The smallest absolute Gasteiger partial charge is 0.451 e. The van der Waals surface area contributed by atoms with Crippen LogP contribution in [0, 0.1) is 17.2 Å². The second-order valence-electron chi connectivity index (χ2n) is 13.5. The Bertz CT molecular complexity index is 1580. The van der Waals surface area contributed by atoms with Crippen molar-refractivity contribution in [1.82, 2.24) is 15.3 Å². The molecular formula is C36H48F3N9O4. The number of alkyl halides is 3. The fourth-order valence-corrected chi connectivity index (χ4v) is 6.82. The van der Waals surface area contributed by atoms with E-state index in [9.17, 15) is 27.6 Å². The lowest BCUT2D eigenvalue weighted by molar-refractivity contribution is -0.145. The van der Waals surface area contributed by atoms with E-state index in [0.29, 0.717) is 89.0 Å². The van der Waals surface area contributed by atoms with Gasteiger partial charge in [0.25, 0.3) is 0 Å². The van der Waals surface area contributed by atoms with Crippen molar-refractivity contribution < 1.29 is 32.7 Å². The summed E-state index contributed by atoms with van der Waals surface area (Å²) < 4.78 is 42.0. The molecule has 2 saturated heterocycles. The van der Waals surface area contributed by atoms with E-state index in [1.807, 2.05) is 17.0 Å². The number of aliphatic imine (C=N–C) groups is 1. The van der Waals surface area contributed by atoms with Crippen molar-refractivity contribution in [3.05, 3.63) is 47.3 Å². The Morgan fingerprint density at radius 2 is 1.71 bits per heavy atom. The number of hydrogen-bond acceptors (Lipinski definition) is 9. The molecular weight excluding hydrogens is 679 g/mol. The highest BCUT2D eigenvalue weighted by atomic mass is 19.4. The van der Waals surface area contributed by atoms with Crippen molar-refractivity contribution in [2.45, 2.75) is 102 Å². The average molecular weight is 728 g/mol. The fourth-order valence-electron chi connectivity index (χ4n) is 6.82. The van der Waals surface area contributed by atoms with Gasteiger partial charge in [-0.25, -0.2) is 19.8 Å². The Balaban J connectivity index is 1.24. The number of piperidine rings is 1. The Morgan fingerprint density at radius 3 is 2.37 bits per heavy atom. The first-order valence-corrected chi connectivity index (χ1v) is 17.9. The third-order valence-corrected chi connectivity index (χ3v) is 9.61. The van der Waals surface area contributed by atoms with Gasteiger partial charge in [0.15, 0.2) is 17.8 Å². The third-order valence-electron chi connectivity index (χ3n) is 9.61. The van der Waals surface area contributed by atoms with E-state index in [4.69, 9.17) is 21.8 Å². The highest BCUT2D eigenvalue weighted by molar-refractivity contribution is 5.87. The summed E-state index contributed by atoms with van der Waals surface area (Å²) in [6.45, 7) is 1.87. The number of aliphatic carboxylic acids is 1. The largest absolute Gasteiger partial charge is 0.480 e. The minimum Gasteiger partial charge on any atom is -0.480 e. The van der Waals surface area contributed by atoms with Crippen molar-refractivity contribution in [1.29, 1.82) is 5.26 Å². The molecule has 16 heteroatoms. The van der Waals surface area contributed by atoms with E-state index in [0.717, 1.165) is 24.8 Å². The zero-order valence-corrected chi connectivity index (χ0v) is 29.3. The summed E-state index contributed by atoms with van der Waals surface area (Å²) in [6.07, 6.45) is 2.71. The van der Waals surface area contributed by atoms with Crippen LogP contribution in [0.5, 0.6) is 0 Å². The summed E-state index contributed by atoms with van der Waals surface area (Å²) >= 11 is 0. The van der Waals surface area contributed by atoms with Crippen molar-refractivity contribution in [2.75, 3.05) is 36.0 Å². The number of nitrogens with one attached hydrogen (secondary N) is 1. The van der Waals surface area contributed by atoms with Crippen LogP contribution >= 0.6 is 0 Å². The summed E-state index contributed by atoms with van der Waals surface area (Å²) in [4.78, 5) is 51.8. The van der Waals surface area contributed by atoms with Crippen LogP contribution in [0.4, 0.5) is 24.8 Å². The van der Waals surface area contributed by atoms with E-state index in [1.165, 1.54) is 0 Å². The maximum atomic E-state index is 14.0. The molecule has 1 aromatic carbocycles. The first-order chi connectivity index (χ1) is 24.8. The number of unbranched alkanes of at least 4 members (excludes halogenated alkanes) is 1. The van der Waals surface area contributed by atoms with Crippen LogP contribution in [0.2, 0.25) is 0 Å². The van der Waals surface area contributed by atoms with Gasteiger partial charge in [0.05, 0.1) is 17.7 Å². The van der Waals surface area contributed by atoms with Gasteiger partial charge in [-0.05, 0) is 94.2 Å². The lowest BCUT2D eigenvalue weighted by Crippen LogP contribution is -2.38. The molecule has 0 unspecified atom stereocenters. The van der Waals surface area contributed by atoms with E-state index in [-0.39, 0.29) is 42.1 Å². The minimum atomic E-state index is -4.75. The SMILES string of the molecule is N#Cc1ccc(CCCC(=O)[C@@H]2CCCN2c2cc(N3CCC(CCCC(=O)NCCCC[C@H](N=C(N)N)C(=O)O)CC3)nc(C(F)(F)F)n2)cc1. The van der Waals surface area contributed by atoms with Crippen LogP contribution in [0.1, 0.15) is 94.0 Å². The van der Waals surface area contributed by atoms with Gasteiger partial charge in [0.1, 0.15) is 11.6 Å². The molecule has 1 amide bonds. The molecule has 2 aromatic rings. The standard InChI is InChI=1S/C36H48F3N9O4/c37-36(38,39)34-45-30(22-31(46-34)48-19-5-9-28(48)29(49)10-3-6-24-12-14-26(23-40)15-13-24)47-20-16-25(17-21-47)7-4-11-32(50)43-18-2-1-8-27(33(51)52)44-35(41)42/h12-15,22,25,27-28H,1-11,16-21H2,(H,43,50)(H,51,52)(H4,41,42,44)/t27-,28-/m0/s1. The van der Waals surface area contributed by atoms with Gasteiger partial charge in [-0.1, -0.05) is 12.1 Å². The number of nitrogens with zero attached hydrogens (tertiary/aromatic N) is 6. The van der Waals surface area contributed by atoms with E-state index >= 15 is 0 Å². The highest BCUT2D eigenvalue weighted by Gasteiger charge is 2.38. The summed E-state index contributed by atoms with van der Waals surface area (Å²) in [5.74, 6) is -2.09. The van der Waals surface area contributed by atoms with E-state index in [1.54, 1.807) is 23.1 Å². The molecule has 3 heterocycles. The van der Waals surface area contributed by atoms with Crippen molar-refractivity contribution in [2.24, 2.45) is 22.4 Å².